The molecule has 0 aromatic heterocycles. The van der Waals surface area contributed by atoms with Crippen LogP contribution in [0.25, 0.3) is 0 Å². The molecule has 0 unspecified atom stereocenters. The van der Waals surface area contributed by atoms with Gasteiger partial charge in [0.15, 0.2) is 0 Å². The zero-order valence-electron chi connectivity index (χ0n) is 13.2. The van der Waals surface area contributed by atoms with Crippen LogP contribution in [-0.4, -0.2) is 18.5 Å². The predicted octanol–water partition coefficient (Wildman–Crippen LogP) is 3.65. The van der Waals surface area contributed by atoms with Gasteiger partial charge in [0.1, 0.15) is 11.5 Å². The minimum absolute atomic E-state index is 0.0972. The number of hydrogen-bond acceptors (Lipinski definition) is 4. The molecule has 120 valence electrons. The highest BCUT2D eigenvalue weighted by molar-refractivity contribution is 5.92. The predicted molar refractivity (Wildman–Crippen MR) is 87.9 cm³/mol. The van der Waals surface area contributed by atoms with E-state index in [9.17, 15) is 9.59 Å². The van der Waals surface area contributed by atoms with Crippen LogP contribution in [0.1, 0.15) is 30.6 Å². The number of nitrogens with one attached hydrogen (secondary N) is 1. The number of carbonyl (C=O) groups excluding carboxylic acids is 2. The molecule has 0 saturated carbocycles. The molecule has 0 aliphatic rings. The normalized spacial score (nSPS) is 10.0. The first-order chi connectivity index (χ1) is 11.1. The standard InChI is InChI=1S/C18H19NO4/c1-3-17(20)19-14-6-5-7-16(12-14)23-18(21)13-8-10-15(11-9-13)22-4-2/h5-12H,3-4H2,1-2H3,(H,19,20). The van der Waals surface area contributed by atoms with Crippen LogP contribution in [0, 0.1) is 0 Å². The topological polar surface area (TPSA) is 64.6 Å². The Labute approximate surface area is 135 Å². The minimum Gasteiger partial charge on any atom is -0.494 e. The summed E-state index contributed by atoms with van der Waals surface area (Å²) in [6.07, 6.45) is 0.385. The fourth-order valence-electron chi connectivity index (χ4n) is 1.91. The maximum Gasteiger partial charge on any atom is 0.343 e. The summed E-state index contributed by atoms with van der Waals surface area (Å²) in [7, 11) is 0. The molecule has 1 N–H and O–H groups in total. The molecule has 5 nitrogen and oxygen atoms in total. The lowest BCUT2D eigenvalue weighted by Crippen LogP contribution is -2.11. The van der Waals surface area contributed by atoms with Crippen LogP contribution in [0.15, 0.2) is 48.5 Å². The van der Waals surface area contributed by atoms with Crippen LogP contribution < -0.4 is 14.8 Å². The Balaban J connectivity index is 2.04. The Morgan fingerprint density at radius 1 is 1.00 bits per heavy atom. The highest BCUT2D eigenvalue weighted by Crippen LogP contribution is 2.20. The highest BCUT2D eigenvalue weighted by atomic mass is 16.5. The molecular weight excluding hydrogens is 294 g/mol. The molecule has 5 heteroatoms. The van der Waals surface area contributed by atoms with Gasteiger partial charge in [0.25, 0.3) is 0 Å². The average molecular weight is 313 g/mol. The van der Waals surface area contributed by atoms with Gasteiger partial charge in [-0.15, -0.1) is 0 Å². The van der Waals surface area contributed by atoms with E-state index in [1.165, 1.54) is 0 Å². The maximum absolute atomic E-state index is 12.1. The van der Waals surface area contributed by atoms with Gasteiger partial charge in [0, 0.05) is 18.2 Å². The number of ether oxygens (including phenoxy) is 2. The van der Waals surface area contributed by atoms with E-state index in [4.69, 9.17) is 9.47 Å². The lowest BCUT2D eigenvalue weighted by atomic mass is 10.2. The maximum atomic E-state index is 12.1. The van der Waals surface area contributed by atoms with Gasteiger partial charge in [0.2, 0.25) is 5.91 Å². The van der Waals surface area contributed by atoms with E-state index in [1.54, 1.807) is 55.5 Å². The minimum atomic E-state index is -0.466. The Kier molecular flexibility index (Phi) is 5.74. The zero-order chi connectivity index (χ0) is 16.7. The molecule has 0 aliphatic carbocycles. The molecule has 2 aromatic carbocycles. The second kappa shape index (κ2) is 7.98. The van der Waals surface area contributed by atoms with Gasteiger partial charge in [-0.05, 0) is 43.3 Å². The second-order valence-electron chi connectivity index (χ2n) is 4.78. The van der Waals surface area contributed by atoms with Crippen molar-refractivity contribution < 1.29 is 19.1 Å². The Morgan fingerprint density at radius 2 is 1.74 bits per heavy atom. The SMILES string of the molecule is CCOc1ccc(C(=O)Oc2cccc(NC(=O)CC)c2)cc1. The summed E-state index contributed by atoms with van der Waals surface area (Å²) < 4.78 is 10.7. The van der Waals surface area contributed by atoms with E-state index in [0.717, 1.165) is 0 Å². The van der Waals surface area contributed by atoms with Gasteiger partial charge in [-0.2, -0.15) is 0 Å². The Bertz CT molecular complexity index is 680. The summed E-state index contributed by atoms with van der Waals surface area (Å²) in [6.45, 7) is 4.23. The lowest BCUT2D eigenvalue weighted by Gasteiger charge is -2.08. The number of rotatable bonds is 6. The molecule has 0 fully saturated rings. The monoisotopic (exact) mass is 313 g/mol. The van der Waals surface area contributed by atoms with Crippen LogP contribution in [0.2, 0.25) is 0 Å². The van der Waals surface area contributed by atoms with Crippen molar-refractivity contribution in [3.63, 3.8) is 0 Å². The van der Waals surface area contributed by atoms with E-state index in [1.807, 2.05) is 6.92 Å². The van der Waals surface area contributed by atoms with Gasteiger partial charge in [-0.25, -0.2) is 4.79 Å². The van der Waals surface area contributed by atoms with Gasteiger partial charge in [-0.3, -0.25) is 4.79 Å². The average Bonchev–Trinajstić information content (AvgIpc) is 2.56. The first-order valence-corrected chi connectivity index (χ1v) is 7.47. The fourth-order valence-corrected chi connectivity index (χ4v) is 1.91. The van der Waals surface area contributed by atoms with Crippen LogP contribution in [0.4, 0.5) is 5.69 Å². The van der Waals surface area contributed by atoms with E-state index in [-0.39, 0.29) is 5.91 Å². The molecule has 0 spiro atoms. The fraction of sp³-hybridized carbons (Fsp3) is 0.222. The molecule has 2 aromatic rings. The molecular formula is C18H19NO4. The van der Waals surface area contributed by atoms with Crippen molar-refractivity contribution in [3.8, 4) is 11.5 Å². The van der Waals surface area contributed by atoms with Crippen LogP contribution in [-0.2, 0) is 4.79 Å². The molecule has 0 aliphatic heterocycles. The van der Waals surface area contributed by atoms with Crippen molar-refractivity contribution in [3.05, 3.63) is 54.1 Å². The molecule has 1 amide bonds. The Morgan fingerprint density at radius 3 is 2.39 bits per heavy atom. The molecule has 0 bridgehead atoms. The third-order valence-corrected chi connectivity index (χ3v) is 3.05. The smallest absolute Gasteiger partial charge is 0.343 e. The summed E-state index contributed by atoms with van der Waals surface area (Å²) in [5.74, 6) is 0.512. The van der Waals surface area contributed by atoms with E-state index < -0.39 is 5.97 Å². The van der Waals surface area contributed by atoms with E-state index in [2.05, 4.69) is 5.32 Å². The number of benzene rings is 2. The number of hydrogen-bond donors (Lipinski definition) is 1. The summed E-state index contributed by atoms with van der Waals surface area (Å²) >= 11 is 0. The molecule has 23 heavy (non-hydrogen) atoms. The molecule has 0 saturated heterocycles. The number of amides is 1. The third kappa shape index (κ3) is 4.85. The van der Waals surface area contributed by atoms with Crippen molar-refractivity contribution >= 4 is 17.6 Å². The van der Waals surface area contributed by atoms with Crippen LogP contribution >= 0.6 is 0 Å². The summed E-state index contributed by atoms with van der Waals surface area (Å²) in [4.78, 5) is 23.5. The quantitative estimate of drug-likeness (QED) is 0.653. The molecule has 0 radical (unpaired) electrons. The number of anilines is 1. The van der Waals surface area contributed by atoms with Crippen molar-refractivity contribution in [1.29, 1.82) is 0 Å². The highest BCUT2D eigenvalue weighted by Gasteiger charge is 2.09. The van der Waals surface area contributed by atoms with Gasteiger partial charge < -0.3 is 14.8 Å². The van der Waals surface area contributed by atoms with Crippen LogP contribution in [0.5, 0.6) is 11.5 Å². The lowest BCUT2D eigenvalue weighted by molar-refractivity contribution is -0.115. The van der Waals surface area contributed by atoms with Gasteiger partial charge in [-0.1, -0.05) is 13.0 Å². The van der Waals surface area contributed by atoms with Crippen molar-refractivity contribution in [2.24, 2.45) is 0 Å². The van der Waals surface area contributed by atoms with E-state index >= 15 is 0 Å². The third-order valence-electron chi connectivity index (χ3n) is 3.05. The van der Waals surface area contributed by atoms with E-state index in [0.29, 0.717) is 35.8 Å². The van der Waals surface area contributed by atoms with Crippen molar-refractivity contribution in [2.45, 2.75) is 20.3 Å². The largest absolute Gasteiger partial charge is 0.494 e. The number of carbonyl (C=O) groups is 2. The molecule has 0 atom stereocenters. The Hall–Kier alpha value is -2.82. The van der Waals surface area contributed by atoms with Crippen LogP contribution in [0.3, 0.4) is 0 Å². The zero-order valence-corrected chi connectivity index (χ0v) is 13.2. The van der Waals surface area contributed by atoms with Gasteiger partial charge >= 0.3 is 5.97 Å². The summed E-state index contributed by atoms with van der Waals surface area (Å²) in [6, 6.07) is 13.5. The van der Waals surface area contributed by atoms with Crippen molar-refractivity contribution in [1.82, 2.24) is 0 Å². The number of esters is 1. The summed E-state index contributed by atoms with van der Waals surface area (Å²) in [5, 5.41) is 2.72. The first kappa shape index (κ1) is 16.5. The molecule has 2 rings (SSSR count). The first-order valence-electron chi connectivity index (χ1n) is 7.47. The second-order valence-corrected chi connectivity index (χ2v) is 4.78. The van der Waals surface area contributed by atoms with Gasteiger partial charge in [0.05, 0.1) is 12.2 Å². The summed E-state index contributed by atoms with van der Waals surface area (Å²) in [5.41, 5.74) is 1.02. The molecule has 0 heterocycles. The van der Waals surface area contributed by atoms with Crippen molar-refractivity contribution in [2.75, 3.05) is 11.9 Å².